The van der Waals surface area contributed by atoms with Crippen molar-refractivity contribution in [2.75, 3.05) is 18.1 Å². The van der Waals surface area contributed by atoms with E-state index in [9.17, 15) is 35.5 Å². The van der Waals surface area contributed by atoms with Crippen molar-refractivity contribution in [1.29, 1.82) is 0 Å². The van der Waals surface area contributed by atoms with Gasteiger partial charge in [-0.15, -0.1) is 0 Å². The lowest BCUT2D eigenvalue weighted by molar-refractivity contribution is -0.352. The highest BCUT2D eigenvalue weighted by Gasteiger charge is 2.72. The maximum Gasteiger partial charge on any atom is 0.459 e. The van der Waals surface area contributed by atoms with Gasteiger partial charge in [-0.25, -0.2) is 0 Å². The molecule has 2 N–H and O–H groups in total. The normalized spacial score (nSPS) is 18.3. The van der Waals surface area contributed by atoms with E-state index < -0.39 is 36.6 Å². The summed E-state index contributed by atoms with van der Waals surface area (Å²) in [4.78, 5) is 10.8. The molecule has 1 saturated carbocycles. The van der Waals surface area contributed by atoms with Crippen LogP contribution in [0.15, 0.2) is 0 Å². The van der Waals surface area contributed by atoms with Gasteiger partial charge in [0, 0.05) is 5.75 Å². The second kappa shape index (κ2) is 6.81. The van der Waals surface area contributed by atoms with Gasteiger partial charge < -0.3 is 5.11 Å². The molecule has 0 radical (unpaired) electrons. The number of thioether (sulfide) groups is 1. The van der Waals surface area contributed by atoms with E-state index in [1.165, 1.54) is 0 Å². The molecule has 0 amide bonds. The molecular weight excluding hydrogens is 343 g/mol. The number of nitrogens with one attached hydrogen (secondary N) is 1. The summed E-state index contributed by atoms with van der Waals surface area (Å²) in [5.74, 6) is -12.4. The van der Waals surface area contributed by atoms with Gasteiger partial charge in [-0.1, -0.05) is 0 Å². The Balaban J connectivity index is 2.56. The smallest absolute Gasteiger partial charge is 0.459 e. The van der Waals surface area contributed by atoms with Gasteiger partial charge in [0.1, 0.15) is 6.04 Å². The number of hydrogen-bond donors (Lipinski definition) is 2. The quantitative estimate of drug-likeness (QED) is 0.623. The Kier molecular flexibility index (Phi) is 5.99. The molecule has 1 aliphatic rings. The van der Waals surface area contributed by atoms with Crippen LogP contribution in [0.3, 0.4) is 0 Å². The van der Waals surface area contributed by atoms with E-state index in [1.54, 1.807) is 5.32 Å². The summed E-state index contributed by atoms with van der Waals surface area (Å²) in [5.41, 5.74) is 0. The maximum absolute atomic E-state index is 13.0. The molecule has 11 heteroatoms. The van der Waals surface area contributed by atoms with Crippen LogP contribution in [0, 0.1) is 5.92 Å². The van der Waals surface area contributed by atoms with Gasteiger partial charge in [-0.3, -0.25) is 10.1 Å². The highest BCUT2D eigenvalue weighted by atomic mass is 32.2. The third-order valence-corrected chi connectivity index (χ3v) is 4.30. The zero-order valence-electron chi connectivity index (χ0n) is 11.1. The number of carboxylic acid groups (broad SMARTS) is 1. The first-order valence-electron chi connectivity index (χ1n) is 6.25. The minimum absolute atomic E-state index is 0.195. The lowest BCUT2D eigenvalue weighted by atomic mass is 10.1. The Morgan fingerprint density at radius 3 is 2.14 bits per heavy atom. The van der Waals surface area contributed by atoms with Crippen molar-refractivity contribution < 1.29 is 40.6 Å². The predicted octanol–water partition coefficient (Wildman–Crippen LogP) is 3.01. The monoisotopic (exact) mass is 357 g/mol. The van der Waals surface area contributed by atoms with E-state index in [2.05, 4.69) is 0 Å². The summed E-state index contributed by atoms with van der Waals surface area (Å²) in [6, 6.07) is -1.63. The van der Waals surface area contributed by atoms with Crippen molar-refractivity contribution in [3.63, 3.8) is 0 Å². The molecule has 1 aliphatic carbocycles. The van der Waals surface area contributed by atoms with Gasteiger partial charge >= 0.3 is 24.0 Å². The topological polar surface area (TPSA) is 49.3 Å². The second-order valence-electron chi connectivity index (χ2n) is 5.03. The Labute approximate surface area is 125 Å². The highest BCUT2D eigenvalue weighted by molar-refractivity contribution is 7.99. The number of alkyl halides is 7. The van der Waals surface area contributed by atoms with E-state index in [1.807, 2.05) is 0 Å². The van der Waals surface area contributed by atoms with E-state index in [0.29, 0.717) is 11.7 Å². The van der Waals surface area contributed by atoms with Crippen molar-refractivity contribution in [3.05, 3.63) is 0 Å². The third kappa shape index (κ3) is 4.90. The molecule has 0 saturated heterocycles. The predicted molar refractivity (Wildman–Crippen MR) is 65.4 cm³/mol. The van der Waals surface area contributed by atoms with Gasteiger partial charge in [-0.05, 0) is 24.5 Å². The molecular formula is C11H14F7NO2S. The number of hydrogen-bond acceptors (Lipinski definition) is 3. The Morgan fingerprint density at radius 2 is 1.73 bits per heavy atom. The minimum Gasteiger partial charge on any atom is -0.480 e. The number of aliphatic carboxylic acids is 1. The van der Waals surface area contributed by atoms with E-state index >= 15 is 0 Å². The minimum atomic E-state index is -6.42. The van der Waals surface area contributed by atoms with Crippen LogP contribution in [0.2, 0.25) is 0 Å². The lowest BCUT2D eigenvalue weighted by Gasteiger charge is -2.29. The van der Waals surface area contributed by atoms with Crippen molar-refractivity contribution in [1.82, 2.24) is 5.32 Å². The molecule has 0 spiro atoms. The molecule has 0 bridgehead atoms. The highest BCUT2D eigenvalue weighted by Crippen LogP contribution is 2.46. The zero-order valence-corrected chi connectivity index (χ0v) is 11.9. The molecule has 1 fully saturated rings. The van der Waals surface area contributed by atoms with Crippen LogP contribution < -0.4 is 5.32 Å². The fourth-order valence-corrected chi connectivity index (χ4v) is 2.72. The summed E-state index contributed by atoms with van der Waals surface area (Å²) < 4.78 is 87.2. The summed E-state index contributed by atoms with van der Waals surface area (Å²) in [7, 11) is 0. The van der Waals surface area contributed by atoms with Gasteiger partial charge in [0.15, 0.2) is 0 Å². The number of carboxylic acids is 1. The summed E-state index contributed by atoms with van der Waals surface area (Å²) in [6.45, 7) is -2.08. The molecule has 130 valence electrons. The fourth-order valence-electron chi connectivity index (χ4n) is 1.42. The number of carbonyl (C=O) groups is 1. The Bertz CT molecular complexity index is 398. The van der Waals surface area contributed by atoms with Crippen molar-refractivity contribution >= 4 is 17.7 Å². The number of rotatable bonds is 9. The van der Waals surface area contributed by atoms with Gasteiger partial charge in [0.05, 0.1) is 6.54 Å². The molecule has 0 aromatic heterocycles. The SMILES string of the molecule is O=C(O)[C@H](CSCC1CC1)NCC(F)(F)C(F)(F)C(F)(F)F. The summed E-state index contributed by atoms with van der Waals surface area (Å²) in [6.07, 6.45) is -4.46. The third-order valence-electron chi connectivity index (χ3n) is 3.02. The van der Waals surface area contributed by atoms with E-state index in [4.69, 9.17) is 5.11 Å². The Hall–Kier alpha value is -0.710. The first-order chi connectivity index (χ1) is 9.88. The average Bonchev–Trinajstić information content (AvgIpc) is 3.15. The molecule has 22 heavy (non-hydrogen) atoms. The fraction of sp³-hybridized carbons (Fsp3) is 0.909. The Morgan fingerprint density at radius 1 is 1.18 bits per heavy atom. The first-order valence-corrected chi connectivity index (χ1v) is 7.40. The molecule has 0 unspecified atom stereocenters. The van der Waals surface area contributed by atoms with E-state index in [-0.39, 0.29) is 5.75 Å². The summed E-state index contributed by atoms with van der Waals surface area (Å²) >= 11 is 1.13. The van der Waals surface area contributed by atoms with Crippen molar-refractivity contribution in [2.24, 2.45) is 5.92 Å². The average molecular weight is 357 g/mol. The van der Waals surface area contributed by atoms with Crippen LogP contribution in [-0.4, -0.2) is 53.2 Å². The van der Waals surface area contributed by atoms with Crippen LogP contribution in [-0.2, 0) is 4.79 Å². The van der Waals surface area contributed by atoms with Gasteiger partial charge in [-0.2, -0.15) is 42.5 Å². The first kappa shape index (κ1) is 19.3. The zero-order chi connectivity index (χ0) is 17.2. The van der Waals surface area contributed by atoms with Crippen LogP contribution in [0.5, 0.6) is 0 Å². The van der Waals surface area contributed by atoms with Gasteiger partial charge in [0.25, 0.3) is 0 Å². The van der Waals surface area contributed by atoms with Crippen LogP contribution in [0.1, 0.15) is 12.8 Å². The maximum atomic E-state index is 13.0. The summed E-state index contributed by atoms with van der Waals surface area (Å²) in [5, 5.41) is 10.4. The van der Waals surface area contributed by atoms with Crippen LogP contribution in [0.4, 0.5) is 30.7 Å². The molecule has 1 atom stereocenters. The molecule has 0 heterocycles. The van der Waals surface area contributed by atoms with Crippen LogP contribution in [0.25, 0.3) is 0 Å². The largest absolute Gasteiger partial charge is 0.480 e. The molecule has 3 nitrogen and oxygen atoms in total. The van der Waals surface area contributed by atoms with Crippen molar-refractivity contribution in [2.45, 2.75) is 36.9 Å². The van der Waals surface area contributed by atoms with E-state index in [0.717, 1.165) is 24.6 Å². The number of halogens is 7. The van der Waals surface area contributed by atoms with Gasteiger partial charge in [0.2, 0.25) is 0 Å². The standard InChI is InChI=1S/C11H14F7NO2S/c12-9(13,10(14,15)11(16,17)18)5-19-7(8(20)21)4-22-3-6-1-2-6/h6-7,19H,1-5H2,(H,20,21)/t7-/m0/s1. The second-order valence-corrected chi connectivity index (χ2v) is 6.10. The molecule has 0 aromatic carbocycles. The van der Waals surface area contributed by atoms with Crippen LogP contribution >= 0.6 is 11.8 Å². The van der Waals surface area contributed by atoms with Crippen molar-refractivity contribution in [3.8, 4) is 0 Å². The molecule has 0 aliphatic heterocycles. The molecule has 0 aromatic rings. The molecule has 1 rings (SSSR count). The lowest BCUT2D eigenvalue weighted by Crippen LogP contribution is -2.58.